The molecule has 0 saturated carbocycles. The third-order valence-electron chi connectivity index (χ3n) is 5.36. The van der Waals surface area contributed by atoms with Crippen LogP contribution < -0.4 is 11.1 Å². The summed E-state index contributed by atoms with van der Waals surface area (Å²) >= 11 is 0. The molecule has 2 aromatic heterocycles. The van der Waals surface area contributed by atoms with Crippen molar-refractivity contribution in [3.05, 3.63) is 95.1 Å². The molecule has 3 rings (SSSR count). The van der Waals surface area contributed by atoms with Gasteiger partial charge in [-0.15, -0.1) is 0 Å². The smallest absolute Gasteiger partial charge is 0.242 e. The minimum atomic E-state index is -0.941. The normalized spacial score (nSPS) is 13.0. The molecule has 3 aromatic rings. The Morgan fingerprint density at radius 1 is 1.00 bits per heavy atom. The van der Waals surface area contributed by atoms with Crippen molar-refractivity contribution in [2.75, 3.05) is 6.54 Å². The van der Waals surface area contributed by atoms with Gasteiger partial charge in [0.05, 0.1) is 0 Å². The summed E-state index contributed by atoms with van der Waals surface area (Å²) < 4.78 is 0. The predicted octanol–water partition coefficient (Wildman–Crippen LogP) is 3.24. The molecule has 3 N–H and O–H groups in total. The molecule has 150 valence electrons. The van der Waals surface area contributed by atoms with E-state index in [0.717, 1.165) is 40.7 Å². The number of hydrogen-bond acceptors (Lipinski definition) is 4. The molecule has 0 aliphatic heterocycles. The largest absolute Gasteiger partial charge is 0.368 e. The average Bonchev–Trinajstić information content (AvgIpc) is 2.72. The Balaban J connectivity index is 1.89. The van der Waals surface area contributed by atoms with Gasteiger partial charge in [0.2, 0.25) is 5.91 Å². The van der Waals surface area contributed by atoms with E-state index in [2.05, 4.69) is 28.3 Å². The molecule has 1 aromatic carbocycles. The van der Waals surface area contributed by atoms with Crippen LogP contribution >= 0.6 is 0 Å². The van der Waals surface area contributed by atoms with E-state index in [1.165, 1.54) is 0 Å². The minimum Gasteiger partial charge on any atom is -0.368 e. The topological polar surface area (TPSA) is 80.9 Å². The molecule has 2 heterocycles. The predicted molar refractivity (Wildman–Crippen MR) is 115 cm³/mol. The maximum Gasteiger partial charge on any atom is 0.242 e. The summed E-state index contributed by atoms with van der Waals surface area (Å²) in [6.07, 6.45) is 9.21. The summed E-state index contributed by atoms with van der Waals surface area (Å²) in [7, 11) is 0. The molecule has 0 aliphatic carbocycles. The highest BCUT2D eigenvalue weighted by Gasteiger charge is 2.38. The molecule has 0 saturated heterocycles. The summed E-state index contributed by atoms with van der Waals surface area (Å²) in [5.41, 5.74) is 10.5. The van der Waals surface area contributed by atoms with Crippen molar-refractivity contribution >= 4 is 5.91 Å². The van der Waals surface area contributed by atoms with Gasteiger partial charge in [0, 0.05) is 31.3 Å². The Morgan fingerprint density at radius 2 is 1.79 bits per heavy atom. The van der Waals surface area contributed by atoms with E-state index in [4.69, 9.17) is 5.73 Å². The fourth-order valence-electron chi connectivity index (χ4n) is 3.80. The van der Waals surface area contributed by atoms with Crippen LogP contribution in [0.15, 0.2) is 67.3 Å². The minimum absolute atomic E-state index is 0.357. The van der Waals surface area contributed by atoms with E-state index in [1.807, 2.05) is 49.5 Å². The number of pyridine rings is 2. The van der Waals surface area contributed by atoms with Gasteiger partial charge < -0.3 is 5.73 Å². The molecule has 0 aliphatic rings. The summed E-state index contributed by atoms with van der Waals surface area (Å²) in [6.45, 7) is 4.71. The molecule has 0 fully saturated rings. The molecular weight excluding hydrogens is 360 g/mol. The van der Waals surface area contributed by atoms with Crippen LogP contribution in [-0.2, 0) is 23.2 Å². The van der Waals surface area contributed by atoms with Crippen molar-refractivity contribution in [2.45, 2.75) is 38.6 Å². The first-order valence-electron chi connectivity index (χ1n) is 9.92. The number of primary amides is 1. The lowest BCUT2D eigenvalue weighted by Gasteiger charge is -2.34. The molecule has 5 nitrogen and oxygen atoms in total. The van der Waals surface area contributed by atoms with Gasteiger partial charge in [0.15, 0.2) is 0 Å². The maximum atomic E-state index is 12.9. The fraction of sp³-hybridized carbons (Fsp3) is 0.292. The lowest BCUT2D eigenvalue weighted by atomic mass is 9.80. The number of hydrogen-bond donors (Lipinski definition) is 2. The van der Waals surface area contributed by atoms with E-state index < -0.39 is 5.54 Å². The number of nitrogens with two attached hydrogens (primary N) is 1. The van der Waals surface area contributed by atoms with Gasteiger partial charge >= 0.3 is 0 Å². The van der Waals surface area contributed by atoms with Gasteiger partial charge in [0.1, 0.15) is 5.54 Å². The van der Waals surface area contributed by atoms with Crippen LogP contribution in [0.2, 0.25) is 0 Å². The number of carbonyl (C=O) groups is 1. The average molecular weight is 389 g/mol. The van der Waals surface area contributed by atoms with Gasteiger partial charge in [-0.25, -0.2) is 0 Å². The Bertz CT molecular complexity index is 944. The van der Waals surface area contributed by atoms with Crippen molar-refractivity contribution in [3.8, 4) is 0 Å². The molecule has 0 spiro atoms. The van der Waals surface area contributed by atoms with Crippen LogP contribution in [-0.4, -0.2) is 22.4 Å². The summed E-state index contributed by atoms with van der Waals surface area (Å²) in [6, 6.07) is 14.1. The molecule has 5 heteroatoms. The van der Waals surface area contributed by atoms with E-state index >= 15 is 0 Å². The Hall–Kier alpha value is -3.05. The van der Waals surface area contributed by atoms with Crippen LogP contribution in [0.1, 0.15) is 34.2 Å². The Kier molecular flexibility index (Phi) is 6.73. The highest BCUT2D eigenvalue weighted by atomic mass is 16.1. The summed E-state index contributed by atoms with van der Waals surface area (Å²) in [5.74, 6) is -0.357. The third kappa shape index (κ3) is 5.06. The molecule has 1 unspecified atom stereocenters. The SMILES string of the molecule is Cc1ccc(C(CCc2ccncc2)(NCCc2cccnc2)C(N)=O)c(C)c1. The van der Waals surface area contributed by atoms with Crippen molar-refractivity contribution in [1.82, 2.24) is 15.3 Å². The highest BCUT2D eigenvalue weighted by Crippen LogP contribution is 2.30. The monoisotopic (exact) mass is 388 g/mol. The number of rotatable bonds is 9. The van der Waals surface area contributed by atoms with Crippen molar-refractivity contribution < 1.29 is 4.79 Å². The summed E-state index contributed by atoms with van der Waals surface area (Å²) in [4.78, 5) is 21.1. The van der Waals surface area contributed by atoms with Gasteiger partial charge in [-0.1, -0.05) is 29.8 Å². The molecule has 1 amide bonds. The number of amides is 1. The highest BCUT2D eigenvalue weighted by molar-refractivity contribution is 5.86. The van der Waals surface area contributed by atoms with Crippen molar-refractivity contribution in [1.29, 1.82) is 0 Å². The number of aryl methyl sites for hydroxylation is 3. The molecule has 1 atom stereocenters. The van der Waals surface area contributed by atoms with Crippen LogP contribution in [0.25, 0.3) is 0 Å². The first kappa shape index (κ1) is 20.7. The molecular formula is C24H28N4O. The lowest BCUT2D eigenvalue weighted by Crippen LogP contribution is -2.54. The number of benzene rings is 1. The van der Waals surface area contributed by atoms with E-state index in [-0.39, 0.29) is 5.91 Å². The van der Waals surface area contributed by atoms with E-state index in [9.17, 15) is 4.79 Å². The molecule has 0 radical (unpaired) electrons. The number of nitrogens with zero attached hydrogens (tertiary/aromatic N) is 2. The van der Waals surface area contributed by atoms with Crippen LogP contribution in [0.4, 0.5) is 0 Å². The summed E-state index contributed by atoms with van der Waals surface area (Å²) in [5, 5.41) is 3.51. The zero-order valence-electron chi connectivity index (χ0n) is 17.1. The Morgan fingerprint density at radius 3 is 2.45 bits per heavy atom. The van der Waals surface area contributed by atoms with Gasteiger partial charge in [-0.3, -0.25) is 20.1 Å². The Labute approximate surface area is 172 Å². The number of carbonyl (C=O) groups excluding carboxylic acids is 1. The second-order valence-electron chi connectivity index (χ2n) is 7.48. The third-order valence-corrected chi connectivity index (χ3v) is 5.36. The maximum absolute atomic E-state index is 12.9. The first-order chi connectivity index (χ1) is 14.0. The standard InChI is InChI=1S/C24H28N4O/c1-18-5-6-22(19(2)16-18)24(23(25)29,11-7-20-8-13-26-14-9-20)28-15-10-21-4-3-12-27-17-21/h3-6,8-9,12-14,16-17,28H,7,10-11,15H2,1-2H3,(H2,25,29). The van der Waals surface area contributed by atoms with Gasteiger partial charge in [0.25, 0.3) is 0 Å². The zero-order valence-corrected chi connectivity index (χ0v) is 17.1. The number of aromatic nitrogens is 2. The van der Waals surface area contributed by atoms with Gasteiger partial charge in [-0.2, -0.15) is 0 Å². The number of nitrogens with one attached hydrogen (secondary N) is 1. The first-order valence-corrected chi connectivity index (χ1v) is 9.92. The fourth-order valence-corrected chi connectivity index (χ4v) is 3.80. The second kappa shape index (κ2) is 9.43. The van der Waals surface area contributed by atoms with Gasteiger partial charge in [-0.05, 0) is 73.6 Å². The molecule has 29 heavy (non-hydrogen) atoms. The van der Waals surface area contributed by atoms with Crippen LogP contribution in [0.5, 0.6) is 0 Å². The van der Waals surface area contributed by atoms with Crippen molar-refractivity contribution in [2.24, 2.45) is 5.73 Å². The molecule has 0 bridgehead atoms. The zero-order chi connectivity index (χ0) is 20.7. The van der Waals surface area contributed by atoms with E-state index in [1.54, 1.807) is 18.6 Å². The lowest BCUT2D eigenvalue weighted by molar-refractivity contribution is -0.125. The van der Waals surface area contributed by atoms with Crippen LogP contribution in [0, 0.1) is 13.8 Å². The van der Waals surface area contributed by atoms with Crippen molar-refractivity contribution in [3.63, 3.8) is 0 Å². The quantitative estimate of drug-likeness (QED) is 0.590. The van der Waals surface area contributed by atoms with E-state index in [0.29, 0.717) is 13.0 Å². The second-order valence-corrected chi connectivity index (χ2v) is 7.48. The van der Waals surface area contributed by atoms with Crippen LogP contribution in [0.3, 0.4) is 0 Å².